The van der Waals surface area contributed by atoms with Gasteiger partial charge in [0.25, 0.3) is 0 Å². The van der Waals surface area contributed by atoms with Crippen LogP contribution in [0.4, 0.5) is 4.39 Å². The maximum absolute atomic E-state index is 12.9. The van der Waals surface area contributed by atoms with Crippen LogP contribution in [-0.4, -0.2) is 98.7 Å². The summed E-state index contributed by atoms with van der Waals surface area (Å²) in [5, 5.41) is 62.0. The topological polar surface area (TPSA) is 169 Å². The highest BCUT2D eigenvalue weighted by molar-refractivity contribution is 5.76. The molecule has 3 unspecified atom stereocenters. The van der Waals surface area contributed by atoms with E-state index in [1.165, 1.54) is 19.1 Å². The molecule has 1 aliphatic heterocycles. The van der Waals surface area contributed by atoms with Crippen molar-refractivity contribution in [1.29, 1.82) is 0 Å². The second kappa shape index (κ2) is 17.9. The van der Waals surface area contributed by atoms with E-state index in [2.05, 4.69) is 5.32 Å². The van der Waals surface area contributed by atoms with Crippen LogP contribution in [0.25, 0.3) is 0 Å². The van der Waals surface area contributed by atoms with Crippen LogP contribution < -0.4 is 5.32 Å². The van der Waals surface area contributed by atoms with Gasteiger partial charge in [-0.05, 0) is 43.9 Å². The Morgan fingerprint density at radius 2 is 1.54 bits per heavy atom. The molecule has 0 radical (unpaired) electrons. The molecule has 1 saturated heterocycles. The molecule has 0 aromatic heterocycles. The molecule has 8 atom stereocenters. The molecule has 0 saturated carbocycles. The number of hydrogen-bond donors (Lipinski definition) is 7. The van der Waals surface area contributed by atoms with Crippen LogP contribution in [0.1, 0.15) is 70.3 Å². The fraction of sp³-hybridized carbons (Fsp3) is 0.750. The lowest BCUT2D eigenvalue weighted by Crippen LogP contribution is -2.60. The Labute approximate surface area is 229 Å². The zero-order chi connectivity index (χ0) is 28.8. The lowest BCUT2D eigenvalue weighted by atomic mass is 9.99. The lowest BCUT2D eigenvalue weighted by Gasteiger charge is -2.40. The molecule has 1 fully saturated rings. The van der Waals surface area contributed by atoms with Crippen molar-refractivity contribution in [3.63, 3.8) is 0 Å². The highest BCUT2D eigenvalue weighted by Crippen LogP contribution is 2.22. The quantitative estimate of drug-likeness (QED) is 0.129. The van der Waals surface area contributed by atoms with Crippen molar-refractivity contribution >= 4 is 5.91 Å². The third-order valence-electron chi connectivity index (χ3n) is 7.07. The Balaban J connectivity index is 1.62. The molecule has 10 nitrogen and oxygen atoms in total. The summed E-state index contributed by atoms with van der Waals surface area (Å²) >= 11 is 0. The van der Waals surface area contributed by atoms with E-state index >= 15 is 0 Å². The SMILES string of the molecule is C[C@@H](O)[C@@H](O)[C@H](CO[C@H]1OC(CO)[C@H](O)C(O)C1O)NC(=O)CCCCCCCCCCc1ccc(F)cc1. The number of carbonyl (C=O) groups is 1. The number of carbonyl (C=O) groups excluding carboxylic acids is 1. The molecule has 1 amide bonds. The number of halogens is 1. The molecular formula is C28H46FNO9. The van der Waals surface area contributed by atoms with Crippen molar-refractivity contribution in [2.45, 2.75) is 120 Å². The predicted molar refractivity (Wildman–Crippen MR) is 141 cm³/mol. The fourth-order valence-corrected chi connectivity index (χ4v) is 4.57. The third kappa shape index (κ3) is 11.7. The monoisotopic (exact) mass is 559 g/mol. The van der Waals surface area contributed by atoms with Crippen LogP contribution in [0.3, 0.4) is 0 Å². The van der Waals surface area contributed by atoms with E-state index in [0.717, 1.165) is 56.9 Å². The van der Waals surface area contributed by atoms with Gasteiger partial charge in [0.2, 0.25) is 5.91 Å². The minimum atomic E-state index is -1.61. The second-order valence-electron chi connectivity index (χ2n) is 10.4. The molecule has 1 heterocycles. The molecule has 0 aliphatic carbocycles. The van der Waals surface area contributed by atoms with Gasteiger partial charge in [0.05, 0.1) is 25.4 Å². The molecule has 7 N–H and O–H groups in total. The predicted octanol–water partition coefficient (Wildman–Crippen LogP) is 0.922. The van der Waals surface area contributed by atoms with Gasteiger partial charge in [-0.15, -0.1) is 0 Å². The minimum Gasteiger partial charge on any atom is -0.394 e. The third-order valence-corrected chi connectivity index (χ3v) is 7.07. The summed E-state index contributed by atoms with van der Waals surface area (Å²) < 4.78 is 23.7. The van der Waals surface area contributed by atoms with Crippen molar-refractivity contribution < 1.29 is 49.3 Å². The molecule has 11 heteroatoms. The summed E-state index contributed by atoms with van der Waals surface area (Å²) in [4.78, 5) is 12.5. The van der Waals surface area contributed by atoms with Crippen LogP contribution in [0.15, 0.2) is 24.3 Å². The average molecular weight is 560 g/mol. The van der Waals surface area contributed by atoms with Gasteiger partial charge in [-0.2, -0.15) is 0 Å². The molecule has 1 aliphatic rings. The molecular weight excluding hydrogens is 513 g/mol. The summed E-state index contributed by atoms with van der Waals surface area (Å²) in [6, 6.07) is 5.62. The number of unbranched alkanes of at least 4 members (excludes halogenated alkanes) is 7. The first-order chi connectivity index (χ1) is 18.6. The second-order valence-corrected chi connectivity index (χ2v) is 10.4. The molecule has 1 aromatic carbocycles. The minimum absolute atomic E-state index is 0.214. The van der Waals surface area contributed by atoms with Gasteiger partial charge in [0.15, 0.2) is 6.29 Å². The number of nitrogens with one attached hydrogen (secondary N) is 1. The number of aliphatic hydroxyl groups is 6. The zero-order valence-corrected chi connectivity index (χ0v) is 22.7. The van der Waals surface area contributed by atoms with E-state index in [4.69, 9.17) is 9.47 Å². The van der Waals surface area contributed by atoms with E-state index in [-0.39, 0.29) is 24.8 Å². The number of benzene rings is 1. The Kier molecular flexibility index (Phi) is 15.4. The van der Waals surface area contributed by atoms with Gasteiger partial charge in [-0.1, -0.05) is 50.7 Å². The van der Waals surface area contributed by atoms with Gasteiger partial charge in [0, 0.05) is 6.42 Å². The Hall–Kier alpha value is -1.70. The zero-order valence-electron chi connectivity index (χ0n) is 22.7. The van der Waals surface area contributed by atoms with Crippen molar-refractivity contribution in [2.75, 3.05) is 13.2 Å². The highest BCUT2D eigenvalue weighted by Gasteiger charge is 2.44. The number of rotatable bonds is 18. The molecule has 39 heavy (non-hydrogen) atoms. The van der Waals surface area contributed by atoms with Crippen molar-refractivity contribution in [1.82, 2.24) is 5.32 Å². The van der Waals surface area contributed by atoms with Crippen LogP contribution in [0, 0.1) is 5.82 Å². The molecule has 0 bridgehead atoms. The highest BCUT2D eigenvalue weighted by atomic mass is 19.1. The van der Waals surface area contributed by atoms with Crippen LogP contribution in [0.5, 0.6) is 0 Å². The molecule has 224 valence electrons. The van der Waals surface area contributed by atoms with Crippen molar-refractivity contribution in [3.8, 4) is 0 Å². The maximum atomic E-state index is 12.9. The molecule has 2 rings (SSSR count). The normalized spacial score (nSPS) is 25.7. The number of hydrogen-bond acceptors (Lipinski definition) is 9. The van der Waals surface area contributed by atoms with Crippen LogP contribution >= 0.6 is 0 Å². The van der Waals surface area contributed by atoms with Gasteiger partial charge >= 0.3 is 0 Å². The Morgan fingerprint density at radius 1 is 0.949 bits per heavy atom. The van der Waals surface area contributed by atoms with Gasteiger partial charge < -0.3 is 45.4 Å². The Morgan fingerprint density at radius 3 is 2.13 bits per heavy atom. The first kappa shape index (κ1) is 33.5. The standard InChI is InChI=1S/C28H46FNO9/c1-18(32)24(34)21(17-38-28-27(37)26(36)25(35)22(16-31)39-28)30-23(33)11-9-7-5-3-2-4-6-8-10-19-12-14-20(29)15-13-19/h12-15,18,21-22,24-28,31-32,34-37H,2-11,16-17H2,1H3,(H,30,33)/t18-,21+,22?,24-,25+,26?,27?,28+/m1/s1. The summed E-state index contributed by atoms with van der Waals surface area (Å²) in [7, 11) is 0. The van der Waals surface area contributed by atoms with E-state index in [9.17, 15) is 39.8 Å². The number of amides is 1. The maximum Gasteiger partial charge on any atom is 0.220 e. The lowest BCUT2D eigenvalue weighted by molar-refractivity contribution is -0.303. The van der Waals surface area contributed by atoms with Crippen molar-refractivity contribution in [3.05, 3.63) is 35.6 Å². The van der Waals surface area contributed by atoms with E-state index in [1.807, 2.05) is 12.1 Å². The van der Waals surface area contributed by atoms with Crippen LogP contribution in [-0.2, 0) is 20.7 Å². The smallest absolute Gasteiger partial charge is 0.220 e. The van der Waals surface area contributed by atoms with E-state index in [1.54, 1.807) is 0 Å². The summed E-state index contributed by atoms with van der Waals surface area (Å²) in [5.74, 6) is -0.535. The van der Waals surface area contributed by atoms with E-state index in [0.29, 0.717) is 6.42 Å². The number of ether oxygens (including phenoxy) is 2. The number of aliphatic hydroxyl groups excluding tert-OH is 6. The fourth-order valence-electron chi connectivity index (χ4n) is 4.57. The average Bonchev–Trinajstić information content (AvgIpc) is 2.92. The van der Waals surface area contributed by atoms with Crippen molar-refractivity contribution in [2.24, 2.45) is 0 Å². The summed E-state index contributed by atoms with van der Waals surface area (Å²) in [5.41, 5.74) is 1.15. The molecule has 1 aromatic rings. The summed E-state index contributed by atoms with van der Waals surface area (Å²) in [6.07, 6.45) is -0.582. The van der Waals surface area contributed by atoms with Crippen LogP contribution in [0.2, 0.25) is 0 Å². The first-order valence-electron chi connectivity index (χ1n) is 14.0. The van der Waals surface area contributed by atoms with Gasteiger partial charge in [0.1, 0.15) is 36.3 Å². The summed E-state index contributed by atoms with van der Waals surface area (Å²) in [6.45, 7) is 0.404. The molecule has 0 spiro atoms. The first-order valence-corrected chi connectivity index (χ1v) is 14.0. The Bertz CT molecular complexity index is 811. The number of aryl methyl sites for hydroxylation is 1. The van der Waals surface area contributed by atoms with Gasteiger partial charge in [-0.25, -0.2) is 4.39 Å². The largest absolute Gasteiger partial charge is 0.394 e. The van der Waals surface area contributed by atoms with Gasteiger partial charge in [-0.3, -0.25) is 4.79 Å². The van der Waals surface area contributed by atoms with E-state index < -0.39 is 55.6 Å².